The molecule has 2 amide bonds. The maximum Gasteiger partial charge on any atom is 0.409 e. The van der Waals surface area contributed by atoms with Crippen molar-refractivity contribution in [2.24, 2.45) is 11.8 Å². The minimum absolute atomic E-state index is 0.106. The van der Waals surface area contributed by atoms with Crippen molar-refractivity contribution in [2.45, 2.75) is 101 Å². The number of aliphatic hydroxyl groups is 2. The Morgan fingerprint density at radius 1 is 1.05 bits per heavy atom. The van der Waals surface area contributed by atoms with Crippen molar-refractivity contribution in [2.75, 3.05) is 25.4 Å². The van der Waals surface area contributed by atoms with Gasteiger partial charge in [0.2, 0.25) is 0 Å². The third-order valence-corrected chi connectivity index (χ3v) is 8.99. The van der Waals surface area contributed by atoms with E-state index in [4.69, 9.17) is 15.2 Å². The summed E-state index contributed by atoms with van der Waals surface area (Å²) in [5.41, 5.74) is 6.96. The summed E-state index contributed by atoms with van der Waals surface area (Å²) < 4.78 is 12.9. The molecule has 0 bridgehead atoms. The van der Waals surface area contributed by atoms with Crippen molar-refractivity contribution in [3.63, 3.8) is 0 Å². The second-order valence-electron chi connectivity index (χ2n) is 12.1. The number of carbonyl (C=O) groups excluding carboxylic acids is 2. The van der Waals surface area contributed by atoms with Crippen LogP contribution in [0, 0.1) is 11.8 Å². The quantitative estimate of drug-likeness (QED) is 0.346. The molecule has 2 aromatic rings. The molecule has 4 fully saturated rings. The van der Waals surface area contributed by atoms with Crippen LogP contribution in [0.2, 0.25) is 0 Å². The maximum absolute atomic E-state index is 12.5. The van der Waals surface area contributed by atoms with E-state index >= 15 is 0 Å². The van der Waals surface area contributed by atoms with Crippen molar-refractivity contribution in [3.05, 3.63) is 12.2 Å². The molecule has 1 unspecified atom stereocenters. The summed E-state index contributed by atoms with van der Waals surface area (Å²) in [6.07, 6.45) is 7.28. The lowest BCUT2D eigenvalue weighted by atomic mass is 9.91. The average Bonchev–Trinajstić information content (AvgIpc) is 3.32. The number of aromatic nitrogens is 4. The van der Waals surface area contributed by atoms with E-state index in [9.17, 15) is 19.8 Å². The predicted molar refractivity (Wildman–Crippen MR) is 147 cm³/mol. The lowest BCUT2D eigenvalue weighted by Crippen LogP contribution is -2.43. The zero-order chi connectivity index (χ0) is 28.5. The number of imidazole rings is 1. The Morgan fingerprint density at radius 2 is 1.80 bits per heavy atom. The van der Waals surface area contributed by atoms with Crippen LogP contribution in [0.1, 0.15) is 76.3 Å². The molecule has 4 aliphatic rings. The molecule has 41 heavy (non-hydrogen) atoms. The Kier molecular flexibility index (Phi) is 8.27. The van der Waals surface area contributed by atoms with Crippen LogP contribution < -0.4 is 11.1 Å². The molecule has 6 rings (SSSR count). The normalized spacial score (nSPS) is 27.5. The minimum Gasteiger partial charge on any atom is -0.449 e. The van der Waals surface area contributed by atoms with Gasteiger partial charge in [-0.05, 0) is 63.2 Å². The van der Waals surface area contributed by atoms with Crippen molar-refractivity contribution in [1.29, 1.82) is 0 Å². The first kappa shape index (κ1) is 28.1. The highest BCUT2D eigenvalue weighted by Crippen LogP contribution is 2.33. The van der Waals surface area contributed by atoms with E-state index in [-0.39, 0.29) is 18.0 Å². The van der Waals surface area contributed by atoms with E-state index in [1.165, 1.54) is 36.6 Å². The first-order valence-electron chi connectivity index (χ1n) is 15.1. The number of carbonyl (C=O) groups is 2. The Balaban J connectivity index is 1.01. The third kappa shape index (κ3) is 6.26. The highest BCUT2D eigenvalue weighted by molar-refractivity contribution is 5.83. The van der Waals surface area contributed by atoms with Gasteiger partial charge in [0.1, 0.15) is 23.5 Å². The topological polar surface area (TPSA) is 178 Å². The molecule has 4 heterocycles. The molecule has 4 atom stereocenters. The van der Waals surface area contributed by atoms with Gasteiger partial charge in [-0.2, -0.15) is 0 Å². The van der Waals surface area contributed by atoms with Gasteiger partial charge in [-0.1, -0.05) is 12.8 Å². The summed E-state index contributed by atoms with van der Waals surface area (Å²) in [4.78, 5) is 40.2. The Bertz CT molecular complexity index is 1240. The maximum atomic E-state index is 12.5. The number of aliphatic hydroxyl groups excluding tert-OH is 2. The Hall–Kier alpha value is -3.03. The van der Waals surface area contributed by atoms with Crippen LogP contribution >= 0.6 is 0 Å². The van der Waals surface area contributed by atoms with Gasteiger partial charge in [-0.15, -0.1) is 0 Å². The molecule has 2 aliphatic carbocycles. The van der Waals surface area contributed by atoms with Crippen molar-refractivity contribution < 1.29 is 29.3 Å². The average molecular weight is 572 g/mol. The van der Waals surface area contributed by atoms with Crippen LogP contribution in [0.4, 0.5) is 10.6 Å². The highest BCUT2D eigenvalue weighted by Gasteiger charge is 2.48. The van der Waals surface area contributed by atoms with Crippen molar-refractivity contribution in [1.82, 2.24) is 29.7 Å². The monoisotopic (exact) mass is 571 g/mol. The lowest BCUT2D eigenvalue weighted by Gasteiger charge is -2.31. The largest absolute Gasteiger partial charge is 0.449 e. The number of piperidine rings is 1. The standard InChI is InChI=1S/C28H41N7O6/c29-24-20-25(35(15-30-20)27-22(37)21(36)23(41-27)26(38)31-18-8-9-18)33-19(32-24)7-3-6-16-10-12-34(13-11-16)28(39)40-14-17-4-1-2-5-17/h15-18,21-23,27,36-37H,1-14H2,(H,31,38)(H2,29,32,33)/t21?,22-,23-,27+/m0/s1. The first-order chi connectivity index (χ1) is 19.9. The number of fused-ring (bicyclic) bond motifs is 1. The number of likely N-dealkylation sites (tertiary alicyclic amines) is 1. The molecule has 2 aliphatic heterocycles. The molecule has 13 nitrogen and oxygen atoms in total. The number of hydrogen-bond donors (Lipinski definition) is 4. The smallest absolute Gasteiger partial charge is 0.409 e. The van der Waals surface area contributed by atoms with Crippen LogP contribution in [0.3, 0.4) is 0 Å². The summed E-state index contributed by atoms with van der Waals surface area (Å²) in [7, 11) is 0. The Labute approximate surface area is 238 Å². The summed E-state index contributed by atoms with van der Waals surface area (Å²) in [5.74, 6) is 1.39. The minimum atomic E-state index is -1.38. The van der Waals surface area contributed by atoms with E-state index in [1.54, 1.807) is 0 Å². The van der Waals surface area contributed by atoms with Gasteiger partial charge in [0.15, 0.2) is 23.8 Å². The molecule has 13 heteroatoms. The van der Waals surface area contributed by atoms with Gasteiger partial charge in [0.25, 0.3) is 5.91 Å². The van der Waals surface area contributed by atoms with Gasteiger partial charge in [0.05, 0.1) is 12.9 Å². The summed E-state index contributed by atoms with van der Waals surface area (Å²) in [6.45, 7) is 1.99. The van der Waals surface area contributed by atoms with Gasteiger partial charge in [-0.25, -0.2) is 19.7 Å². The second kappa shape index (κ2) is 12.1. The lowest BCUT2D eigenvalue weighted by molar-refractivity contribution is -0.137. The van der Waals surface area contributed by atoms with Crippen molar-refractivity contribution in [3.8, 4) is 0 Å². The van der Waals surface area contributed by atoms with Gasteiger partial charge >= 0.3 is 6.09 Å². The van der Waals surface area contributed by atoms with Crippen LogP contribution in [0.15, 0.2) is 6.33 Å². The zero-order valence-electron chi connectivity index (χ0n) is 23.4. The SMILES string of the molecule is Nc1nc(CCCC2CCN(C(=O)OCC3CCCC3)CC2)nc2c1ncn2[C@@H]1O[C@H](C(=O)NC2CC2)C(O)[C@@H]1O. The molecular weight excluding hydrogens is 530 g/mol. The van der Waals surface area contributed by atoms with Crippen LogP contribution in [-0.4, -0.2) is 90.7 Å². The number of nitrogens with one attached hydrogen (secondary N) is 1. The summed E-state index contributed by atoms with van der Waals surface area (Å²) >= 11 is 0. The number of nitrogen functional groups attached to an aromatic ring is 1. The summed E-state index contributed by atoms with van der Waals surface area (Å²) in [5, 5.41) is 24.0. The number of hydrogen-bond acceptors (Lipinski definition) is 10. The molecule has 224 valence electrons. The Morgan fingerprint density at radius 3 is 2.54 bits per heavy atom. The second-order valence-corrected chi connectivity index (χ2v) is 12.1. The van der Waals surface area contributed by atoms with E-state index in [1.807, 2.05) is 4.90 Å². The molecule has 2 aromatic heterocycles. The fourth-order valence-electron chi connectivity index (χ4n) is 6.31. The van der Waals surface area contributed by atoms with Crippen molar-refractivity contribution >= 4 is 29.0 Å². The van der Waals surface area contributed by atoms with E-state index < -0.39 is 30.4 Å². The molecule has 2 saturated heterocycles. The molecule has 0 aromatic carbocycles. The van der Waals surface area contributed by atoms with Gasteiger partial charge in [-0.3, -0.25) is 9.36 Å². The predicted octanol–water partition coefficient (Wildman–Crippen LogP) is 1.67. The number of ether oxygens (including phenoxy) is 2. The first-order valence-corrected chi connectivity index (χ1v) is 15.1. The van der Waals surface area contributed by atoms with E-state index in [2.05, 4.69) is 20.3 Å². The molecular formula is C28H41N7O6. The fourth-order valence-corrected chi connectivity index (χ4v) is 6.31. The zero-order valence-corrected chi connectivity index (χ0v) is 23.4. The van der Waals surface area contributed by atoms with E-state index in [0.717, 1.165) is 51.6 Å². The number of nitrogens with zero attached hydrogens (tertiary/aromatic N) is 5. The number of nitrogens with two attached hydrogens (primary N) is 1. The molecule has 0 spiro atoms. The highest BCUT2D eigenvalue weighted by atomic mass is 16.6. The number of rotatable bonds is 9. The van der Waals surface area contributed by atoms with Crippen LogP contribution in [0.25, 0.3) is 11.2 Å². The van der Waals surface area contributed by atoms with E-state index in [0.29, 0.717) is 41.9 Å². The van der Waals surface area contributed by atoms with Crippen LogP contribution in [0.5, 0.6) is 0 Å². The third-order valence-electron chi connectivity index (χ3n) is 8.99. The molecule has 5 N–H and O–H groups in total. The number of anilines is 1. The summed E-state index contributed by atoms with van der Waals surface area (Å²) in [6, 6.07) is 0.106. The molecule has 0 radical (unpaired) electrons. The van der Waals surface area contributed by atoms with Gasteiger partial charge in [0, 0.05) is 25.6 Å². The number of amides is 2. The van der Waals surface area contributed by atoms with Gasteiger partial charge < -0.3 is 35.6 Å². The fraction of sp³-hybridized carbons (Fsp3) is 0.750. The number of aryl methyl sites for hydroxylation is 1. The van der Waals surface area contributed by atoms with Crippen LogP contribution in [-0.2, 0) is 20.7 Å². The molecule has 2 saturated carbocycles.